The lowest BCUT2D eigenvalue weighted by Crippen LogP contribution is -2.40. The minimum atomic E-state index is -4.65. The average molecular weight is 439 g/mol. The van der Waals surface area contributed by atoms with Crippen LogP contribution in [0.15, 0.2) is 47.8 Å². The van der Waals surface area contributed by atoms with E-state index in [2.05, 4.69) is 10.3 Å². The highest BCUT2D eigenvalue weighted by atomic mass is 32.1. The van der Waals surface area contributed by atoms with Crippen LogP contribution in [0.4, 0.5) is 32.8 Å². The zero-order valence-corrected chi connectivity index (χ0v) is 16.5. The van der Waals surface area contributed by atoms with Crippen LogP contribution >= 0.6 is 11.3 Å². The Labute approximate surface area is 174 Å². The second kappa shape index (κ2) is 8.31. The number of thiazole rings is 1. The van der Waals surface area contributed by atoms with Crippen LogP contribution in [0.1, 0.15) is 18.4 Å². The van der Waals surface area contributed by atoms with Crippen LogP contribution in [0.3, 0.4) is 0 Å². The molecule has 0 amide bonds. The summed E-state index contributed by atoms with van der Waals surface area (Å²) in [6.45, 7) is 1.64. The summed E-state index contributed by atoms with van der Waals surface area (Å²) < 4.78 is 66.4. The van der Waals surface area contributed by atoms with Crippen molar-refractivity contribution in [2.75, 3.05) is 18.0 Å². The summed E-state index contributed by atoms with van der Waals surface area (Å²) in [6, 6.07) is 8.55. The van der Waals surface area contributed by atoms with Crippen molar-refractivity contribution in [1.29, 1.82) is 0 Å². The van der Waals surface area contributed by atoms with Crippen molar-refractivity contribution in [3.63, 3.8) is 0 Å². The van der Waals surface area contributed by atoms with E-state index in [1.165, 1.54) is 23.5 Å². The molecule has 0 unspecified atom stereocenters. The van der Waals surface area contributed by atoms with Crippen molar-refractivity contribution in [1.82, 2.24) is 10.3 Å². The molecule has 3 aromatic rings. The van der Waals surface area contributed by atoms with Crippen molar-refractivity contribution in [3.8, 4) is 11.3 Å². The van der Waals surface area contributed by atoms with Crippen molar-refractivity contribution >= 4 is 22.2 Å². The predicted octanol–water partition coefficient (Wildman–Crippen LogP) is 6.00. The van der Waals surface area contributed by atoms with Gasteiger partial charge in [-0.1, -0.05) is 0 Å². The minimum absolute atomic E-state index is 0.0641. The van der Waals surface area contributed by atoms with E-state index in [9.17, 15) is 22.0 Å². The van der Waals surface area contributed by atoms with Crippen LogP contribution in [0.2, 0.25) is 0 Å². The minimum Gasteiger partial charge on any atom is -0.317 e. The van der Waals surface area contributed by atoms with Gasteiger partial charge in [-0.05, 0) is 68.4 Å². The Balaban J connectivity index is 1.72. The molecule has 1 fully saturated rings. The normalized spacial score (nSPS) is 15.4. The first kappa shape index (κ1) is 20.7. The zero-order chi connectivity index (χ0) is 21.3. The molecule has 0 spiro atoms. The van der Waals surface area contributed by atoms with Gasteiger partial charge in [-0.3, -0.25) is 0 Å². The van der Waals surface area contributed by atoms with E-state index in [0.29, 0.717) is 11.2 Å². The van der Waals surface area contributed by atoms with Crippen molar-refractivity contribution < 1.29 is 22.0 Å². The number of halogens is 5. The Bertz CT molecular complexity index is 1010. The summed E-state index contributed by atoms with van der Waals surface area (Å²) >= 11 is 1.26. The first-order chi connectivity index (χ1) is 14.3. The number of piperidine rings is 1. The molecule has 158 valence electrons. The molecule has 4 rings (SSSR count). The second-order valence-corrected chi connectivity index (χ2v) is 7.91. The number of nitrogens with zero attached hydrogens (tertiary/aromatic N) is 2. The molecule has 2 aromatic carbocycles. The van der Waals surface area contributed by atoms with Crippen LogP contribution in [-0.4, -0.2) is 24.1 Å². The Kier molecular flexibility index (Phi) is 5.75. The summed E-state index contributed by atoms with van der Waals surface area (Å²) in [6.07, 6.45) is -2.97. The van der Waals surface area contributed by atoms with Crippen LogP contribution in [0.5, 0.6) is 0 Å². The number of alkyl halides is 3. The number of rotatable bonds is 4. The zero-order valence-electron chi connectivity index (χ0n) is 15.7. The highest BCUT2D eigenvalue weighted by molar-refractivity contribution is 7.14. The molecule has 1 aliphatic heterocycles. The number of hydrogen-bond acceptors (Lipinski definition) is 4. The number of anilines is 2. The van der Waals surface area contributed by atoms with E-state index in [0.717, 1.165) is 43.8 Å². The molecule has 0 radical (unpaired) electrons. The summed E-state index contributed by atoms with van der Waals surface area (Å²) in [4.78, 5) is 6.50. The van der Waals surface area contributed by atoms with Gasteiger partial charge in [-0.25, -0.2) is 13.8 Å². The Morgan fingerprint density at radius 1 is 0.967 bits per heavy atom. The van der Waals surface area contributed by atoms with Gasteiger partial charge in [0.15, 0.2) is 5.13 Å². The third-order valence-corrected chi connectivity index (χ3v) is 5.84. The predicted molar refractivity (Wildman–Crippen MR) is 107 cm³/mol. The standard InChI is InChI=1S/C21H18F5N3S/c22-15-1-3-17(4-2-15)29(18-5-7-27-8-6-18)20-28-19(12-30-20)13-9-14(21(24,25)26)11-16(23)10-13/h1-4,9-12,18,27H,5-8H2. The first-order valence-electron chi connectivity index (χ1n) is 9.40. The molecule has 9 heteroatoms. The van der Waals surface area contributed by atoms with Crippen molar-refractivity contribution in [3.05, 3.63) is 65.0 Å². The average Bonchev–Trinajstić information content (AvgIpc) is 3.19. The van der Waals surface area contributed by atoms with E-state index in [4.69, 9.17) is 0 Å². The number of benzene rings is 2. The number of hydrogen-bond donors (Lipinski definition) is 1. The molecule has 1 N–H and O–H groups in total. The molecular formula is C21H18F5N3S. The van der Waals surface area contributed by atoms with Crippen LogP contribution < -0.4 is 10.2 Å². The molecule has 1 aromatic heterocycles. The molecule has 1 saturated heterocycles. The van der Waals surface area contributed by atoms with Gasteiger partial charge in [0.1, 0.15) is 11.6 Å². The number of aromatic nitrogens is 1. The fraction of sp³-hybridized carbons (Fsp3) is 0.286. The molecule has 30 heavy (non-hydrogen) atoms. The fourth-order valence-electron chi connectivity index (χ4n) is 3.55. The van der Waals surface area contributed by atoms with E-state index in [1.807, 2.05) is 4.90 Å². The van der Waals surface area contributed by atoms with Gasteiger partial charge in [0.2, 0.25) is 0 Å². The van der Waals surface area contributed by atoms with Gasteiger partial charge in [-0.15, -0.1) is 11.3 Å². The smallest absolute Gasteiger partial charge is 0.317 e. The second-order valence-electron chi connectivity index (χ2n) is 7.07. The topological polar surface area (TPSA) is 28.2 Å². The van der Waals surface area contributed by atoms with Gasteiger partial charge < -0.3 is 10.2 Å². The highest BCUT2D eigenvalue weighted by Gasteiger charge is 2.32. The van der Waals surface area contributed by atoms with Gasteiger partial charge in [0.25, 0.3) is 0 Å². The molecule has 0 aliphatic carbocycles. The monoisotopic (exact) mass is 439 g/mol. The SMILES string of the molecule is Fc1ccc(N(c2nc(-c3cc(F)cc(C(F)(F)F)c3)cs2)C2CCNCC2)cc1. The molecule has 0 atom stereocenters. The van der Waals surface area contributed by atoms with Crippen molar-refractivity contribution in [2.24, 2.45) is 0 Å². The van der Waals surface area contributed by atoms with Gasteiger partial charge in [0, 0.05) is 22.7 Å². The maximum absolute atomic E-state index is 13.8. The third kappa shape index (κ3) is 4.46. The van der Waals surface area contributed by atoms with Crippen LogP contribution in [-0.2, 0) is 6.18 Å². The molecule has 0 saturated carbocycles. The lowest BCUT2D eigenvalue weighted by atomic mass is 10.0. The molecular weight excluding hydrogens is 421 g/mol. The number of nitrogens with one attached hydrogen (secondary N) is 1. The quantitative estimate of drug-likeness (QED) is 0.506. The van der Waals surface area contributed by atoms with Crippen LogP contribution in [0, 0.1) is 11.6 Å². The van der Waals surface area contributed by atoms with Gasteiger partial charge in [-0.2, -0.15) is 13.2 Å². The van der Waals surface area contributed by atoms with Gasteiger partial charge >= 0.3 is 6.18 Å². The van der Waals surface area contributed by atoms with E-state index in [1.54, 1.807) is 17.5 Å². The third-order valence-electron chi connectivity index (χ3n) is 5.00. The molecule has 3 nitrogen and oxygen atoms in total. The maximum atomic E-state index is 13.8. The maximum Gasteiger partial charge on any atom is 0.416 e. The van der Waals surface area contributed by atoms with Crippen molar-refractivity contribution in [2.45, 2.75) is 25.1 Å². The van der Waals surface area contributed by atoms with Crippen LogP contribution in [0.25, 0.3) is 11.3 Å². The Morgan fingerprint density at radius 3 is 2.33 bits per heavy atom. The summed E-state index contributed by atoms with van der Waals surface area (Å²) in [5.41, 5.74) is 0.0236. The molecule has 2 heterocycles. The molecule has 0 bridgehead atoms. The summed E-state index contributed by atoms with van der Waals surface area (Å²) in [5.74, 6) is -1.33. The Morgan fingerprint density at radius 2 is 1.67 bits per heavy atom. The van der Waals surface area contributed by atoms with E-state index >= 15 is 0 Å². The lowest BCUT2D eigenvalue weighted by Gasteiger charge is -2.34. The van der Waals surface area contributed by atoms with E-state index < -0.39 is 17.6 Å². The van der Waals surface area contributed by atoms with Gasteiger partial charge in [0.05, 0.1) is 11.3 Å². The Hall–Kier alpha value is -2.52. The summed E-state index contributed by atoms with van der Waals surface area (Å²) in [5, 5.41) is 5.47. The highest BCUT2D eigenvalue weighted by Crippen LogP contribution is 2.38. The summed E-state index contributed by atoms with van der Waals surface area (Å²) in [7, 11) is 0. The first-order valence-corrected chi connectivity index (χ1v) is 10.3. The molecule has 1 aliphatic rings. The largest absolute Gasteiger partial charge is 0.416 e. The fourth-order valence-corrected chi connectivity index (χ4v) is 4.48. The lowest BCUT2D eigenvalue weighted by molar-refractivity contribution is -0.137. The van der Waals surface area contributed by atoms with E-state index in [-0.39, 0.29) is 23.1 Å².